The van der Waals surface area contributed by atoms with Gasteiger partial charge >= 0.3 is 0 Å². The summed E-state index contributed by atoms with van der Waals surface area (Å²) in [6.07, 6.45) is 5.27. The highest BCUT2D eigenvalue weighted by Gasteiger charge is 2.18. The zero-order valence-electron chi connectivity index (χ0n) is 29.0. The molecule has 0 aliphatic rings. The Bertz CT molecular complexity index is 2660. The molecule has 262 valence electrons. The van der Waals surface area contributed by atoms with Crippen molar-refractivity contribution >= 4 is 21.8 Å². The highest BCUT2D eigenvalue weighted by Crippen LogP contribution is 2.40. The van der Waals surface area contributed by atoms with Gasteiger partial charge in [0.1, 0.15) is 47.8 Å². The smallest absolute Gasteiger partial charge is 0.140 e. The summed E-state index contributed by atoms with van der Waals surface area (Å²) in [5, 5.41) is 6.82. The van der Waals surface area contributed by atoms with E-state index in [1.807, 2.05) is 161 Å². The van der Waals surface area contributed by atoms with Gasteiger partial charge in [0.15, 0.2) is 0 Å². The van der Waals surface area contributed by atoms with Crippen LogP contribution in [-0.2, 0) is 13.2 Å². The van der Waals surface area contributed by atoms with Crippen molar-refractivity contribution in [1.82, 2.24) is 19.3 Å². The fourth-order valence-corrected chi connectivity index (χ4v) is 6.70. The molecule has 0 radical (unpaired) electrons. The van der Waals surface area contributed by atoms with Crippen LogP contribution in [0.5, 0.6) is 23.0 Å². The molecule has 0 aliphatic carbocycles. The van der Waals surface area contributed by atoms with Crippen LogP contribution in [0.15, 0.2) is 176 Å². The van der Waals surface area contributed by atoms with Crippen LogP contribution in [-0.4, -0.2) is 19.3 Å². The largest absolute Gasteiger partial charge is 0.488 e. The van der Waals surface area contributed by atoms with Gasteiger partial charge in [-0.05, 0) is 59.7 Å². The molecule has 0 spiro atoms. The first-order valence-corrected chi connectivity index (χ1v) is 17.6. The summed E-state index contributed by atoms with van der Waals surface area (Å²) >= 11 is 0. The molecule has 8 heteroatoms. The lowest BCUT2D eigenvalue weighted by Crippen LogP contribution is -2.01. The molecule has 3 heterocycles. The molecule has 0 fully saturated rings. The van der Waals surface area contributed by atoms with Crippen molar-refractivity contribution in [3.05, 3.63) is 193 Å². The minimum Gasteiger partial charge on any atom is -0.488 e. The number of para-hydroxylation sites is 1. The Morgan fingerprint density at radius 1 is 0.574 bits per heavy atom. The molecule has 0 saturated heterocycles. The van der Waals surface area contributed by atoms with Gasteiger partial charge in [-0.3, -0.25) is 4.57 Å². The molecular weight excluding hydrogens is 676 g/mol. The Labute approximate surface area is 311 Å². The summed E-state index contributed by atoms with van der Waals surface area (Å²) in [4.78, 5) is 4.48. The minimum atomic E-state index is -0.351. The topological polar surface area (TPSA) is 63.3 Å². The highest BCUT2D eigenvalue weighted by molar-refractivity contribution is 6.09. The van der Waals surface area contributed by atoms with Crippen molar-refractivity contribution in [2.24, 2.45) is 0 Å². The second-order valence-electron chi connectivity index (χ2n) is 12.8. The summed E-state index contributed by atoms with van der Waals surface area (Å²) < 4.78 is 37.4. The van der Waals surface area contributed by atoms with Gasteiger partial charge in [0.05, 0.1) is 28.5 Å². The third-order valence-corrected chi connectivity index (χ3v) is 9.23. The van der Waals surface area contributed by atoms with E-state index in [9.17, 15) is 4.39 Å². The maximum Gasteiger partial charge on any atom is 0.140 e. The van der Waals surface area contributed by atoms with Gasteiger partial charge in [-0.2, -0.15) is 5.10 Å². The number of ether oxygens (including phenoxy) is 3. The summed E-state index contributed by atoms with van der Waals surface area (Å²) in [6, 6.07) is 50.5. The first-order valence-electron chi connectivity index (χ1n) is 17.6. The number of aromatic nitrogens is 4. The summed E-state index contributed by atoms with van der Waals surface area (Å²) in [5.41, 5.74) is 6.40. The summed E-state index contributed by atoms with van der Waals surface area (Å²) in [6.45, 7) is 0.823. The number of benzene rings is 6. The third-order valence-electron chi connectivity index (χ3n) is 9.23. The Kier molecular flexibility index (Phi) is 8.74. The first kappa shape index (κ1) is 32.7. The zero-order chi connectivity index (χ0) is 36.3. The Balaban J connectivity index is 1.03. The molecule has 9 aromatic rings. The van der Waals surface area contributed by atoms with Crippen molar-refractivity contribution in [1.29, 1.82) is 0 Å². The number of rotatable bonds is 11. The standard InChI is InChI=1S/C46H33FN4O3/c47-35-23-24-48-45(25-35)51-41-18-8-7-17-39(41)40-22-21-38(27-42(40)51)54-37-16-9-15-36(26-37)50-29-34(28-49-50)46-43(52-30-32-11-3-1-4-12-32)19-10-20-44(46)53-31-33-13-5-2-6-14-33/h1-29H,30-31H2. The van der Waals surface area contributed by atoms with E-state index in [0.717, 1.165) is 49.7 Å². The Morgan fingerprint density at radius 2 is 1.24 bits per heavy atom. The van der Waals surface area contributed by atoms with Gasteiger partial charge in [-0.1, -0.05) is 91.0 Å². The molecule has 0 unspecified atom stereocenters. The maximum absolute atomic E-state index is 14.3. The lowest BCUT2D eigenvalue weighted by Gasteiger charge is -2.16. The van der Waals surface area contributed by atoms with Gasteiger partial charge in [-0.25, -0.2) is 14.1 Å². The normalized spacial score (nSPS) is 11.2. The molecule has 6 aromatic carbocycles. The van der Waals surface area contributed by atoms with Gasteiger partial charge in [-0.15, -0.1) is 0 Å². The number of fused-ring (bicyclic) bond motifs is 3. The monoisotopic (exact) mass is 708 g/mol. The number of halogens is 1. The molecule has 3 aromatic heterocycles. The summed E-state index contributed by atoms with van der Waals surface area (Å²) in [5.74, 6) is 2.80. The molecule has 0 bridgehead atoms. The predicted molar refractivity (Wildman–Crippen MR) is 209 cm³/mol. The van der Waals surface area contributed by atoms with E-state index in [-0.39, 0.29) is 5.82 Å². The van der Waals surface area contributed by atoms with E-state index in [4.69, 9.17) is 19.3 Å². The second kappa shape index (κ2) is 14.4. The average molecular weight is 709 g/mol. The SMILES string of the molecule is Fc1ccnc(-n2c3ccccc3c3ccc(Oc4cccc(-n5cc(-c6c(OCc7ccccc7)cccc6OCc6ccccc6)cn5)c4)cc32)c1. The van der Waals surface area contributed by atoms with Crippen LogP contribution >= 0.6 is 0 Å². The van der Waals surface area contributed by atoms with Crippen molar-refractivity contribution in [2.75, 3.05) is 0 Å². The third kappa shape index (κ3) is 6.64. The second-order valence-corrected chi connectivity index (χ2v) is 12.8. The first-order chi connectivity index (χ1) is 26.7. The molecular formula is C46H33FN4O3. The maximum atomic E-state index is 14.3. The highest BCUT2D eigenvalue weighted by atomic mass is 19.1. The van der Waals surface area contributed by atoms with Crippen molar-refractivity contribution in [3.8, 4) is 45.6 Å². The van der Waals surface area contributed by atoms with Crippen LogP contribution in [0.3, 0.4) is 0 Å². The van der Waals surface area contributed by atoms with E-state index in [1.54, 1.807) is 0 Å². The van der Waals surface area contributed by atoms with Gasteiger partial charge in [0.25, 0.3) is 0 Å². The van der Waals surface area contributed by atoms with Crippen LogP contribution in [0.4, 0.5) is 4.39 Å². The number of nitrogens with zero attached hydrogens (tertiary/aromatic N) is 4. The minimum absolute atomic E-state index is 0.351. The van der Waals surface area contributed by atoms with Crippen molar-refractivity contribution in [3.63, 3.8) is 0 Å². The fourth-order valence-electron chi connectivity index (χ4n) is 6.70. The van der Waals surface area contributed by atoms with Crippen LogP contribution in [0.25, 0.3) is 44.4 Å². The number of hydrogen-bond acceptors (Lipinski definition) is 5. The predicted octanol–water partition coefficient (Wildman–Crippen LogP) is 11.1. The molecule has 0 amide bonds. The van der Waals surface area contributed by atoms with E-state index < -0.39 is 0 Å². The van der Waals surface area contributed by atoms with E-state index in [0.29, 0.717) is 42.0 Å². The molecule has 0 saturated carbocycles. The number of pyridine rings is 1. The fraction of sp³-hybridized carbons (Fsp3) is 0.0435. The van der Waals surface area contributed by atoms with E-state index >= 15 is 0 Å². The molecule has 7 nitrogen and oxygen atoms in total. The zero-order valence-corrected chi connectivity index (χ0v) is 29.0. The van der Waals surface area contributed by atoms with Gasteiger partial charge < -0.3 is 14.2 Å². The average Bonchev–Trinajstić information content (AvgIpc) is 3.83. The van der Waals surface area contributed by atoms with Crippen molar-refractivity contribution < 1.29 is 18.6 Å². The lowest BCUT2D eigenvalue weighted by atomic mass is 10.1. The van der Waals surface area contributed by atoms with E-state index in [1.165, 1.54) is 18.3 Å². The van der Waals surface area contributed by atoms with Gasteiger partial charge in [0.2, 0.25) is 0 Å². The Morgan fingerprint density at radius 3 is 1.98 bits per heavy atom. The molecule has 0 atom stereocenters. The van der Waals surface area contributed by atoms with Crippen LogP contribution in [0, 0.1) is 5.82 Å². The Hall–Kier alpha value is -7.19. The van der Waals surface area contributed by atoms with E-state index in [2.05, 4.69) is 11.1 Å². The van der Waals surface area contributed by atoms with Crippen LogP contribution < -0.4 is 14.2 Å². The van der Waals surface area contributed by atoms with Gasteiger partial charge in [0, 0.05) is 46.9 Å². The molecule has 54 heavy (non-hydrogen) atoms. The quantitative estimate of drug-likeness (QED) is 0.134. The van der Waals surface area contributed by atoms with Crippen LogP contribution in [0.1, 0.15) is 11.1 Å². The number of hydrogen-bond donors (Lipinski definition) is 0. The lowest BCUT2D eigenvalue weighted by molar-refractivity contribution is 0.292. The molecule has 9 rings (SSSR count). The molecule has 0 N–H and O–H groups in total. The summed E-state index contributed by atoms with van der Waals surface area (Å²) in [7, 11) is 0. The van der Waals surface area contributed by atoms with Crippen LogP contribution in [0.2, 0.25) is 0 Å². The van der Waals surface area contributed by atoms with Crippen molar-refractivity contribution in [2.45, 2.75) is 13.2 Å². The molecule has 0 aliphatic heterocycles.